The Morgan fingerprint density at radius 1 is 1.36 bits per heavy atom. The molecule has 0 bridgehead atoms. The summed E-state index contributed by atoms with van der Waals surface area (Å²) in [4.78, 5) is 15.4. The lowest BCUT2D eigenvalue weighted by molar-refractivity contribution is -0.922. The molecule has 33 heavy (non-hydrogen) atoms. The molecule has 0 saturated carbocycles. The van der Waals surface area contributed by atoms with Gasteiger partial charge in [0.25, 0.3) is 0 Å². The fraction of sp³-hybridized carbons (Fsp3) is 0.652. The van der Waals surface area contributed by atoms with E-state index in [1.807, 2.05) is 11.6 Å². The minimum Gasteiger partial charge on any atom is -0.370 e. The summed E-state index contributed by atoms with van der Waals surface area (Å²) in [6.07, 6.45) is 2.98. The lowest BCUT2D eigenvalue weighted by Crippen LogP contribution is -3.12. The number of rotatable bonds is 6. The Labute approximate surface area is 203 Å². The maximum atomic E-state index is 12.7. The van der Waals surface area contributed by atoms with E-state index in [1.54, 1.807) is 11.3 Å². The van der Waals surface area contributed by atoms with Crippen LogP contribution in [-0.4, -0.2) is 52.7 Å². The molecule has 8 nitrogen and oxygen atoms in total. The molecule has 4 rings (SSSR count). The van der Waals surface area contributed by atoms with Crippen LogP contribution >= 0.6 is 23.1 Å². The molecular weight excluding hydrogens is 456 g/mol. The van der Waals surface area contributed by atoms with Gasteiger partial charge in [0.15, 0.2) is 11.0 Å². The molecule has 2 aromatic rings. The number of fused-ring (bicyclic) bond motifs is 1. The number of ether oxygens (including phenoxy) is 1. The number of carbonyl (C=O) groups excluding carboxylic acids is 1. The standard InChI is InChI=1S/C23H32N6O2S2/c1-23(2,3)15-5-6-16-17(12-24)21(33-18(16)11-15)25-20(30)14-32-22-27-26-19(28(22)4)13-29-7-9-31-10-8-29/h15H,5-11,13-14H2,1-4H3,(H,25,30)/p+1/t15-/m1/s1. The average molecular weight is 490 g/mol. The number of morpholine rings is 1. The molecule has 2 aliphatic rings. The van der Waals surface area contributed by atoms with E-state index in [9.17, 15) is 10.1 Å². The number of hydrogen-bond donors (Lipinski definition) is 2. The Kier molecular flexibility index (Phi) is 7.43. The molecule has 1 aliphatic heterocycles. The maximum absolute atomic E-state index is 12.7. The molecule has 1 saturated heterocycles. The second kappa shape index (κ2) is 10.1. The van der Waals surface area contributed by atoms with Crippen LogP contribution in [0.4, 0.5) is 5.00 Å². The van der Waals surface area contributed by atoms with E-state index in [0.29, 0.717) is 16.5 Å². The predicted octanol–water partition coefficient (Wildman–Crippen LogP) is 2.05. The van der Waals surface area contributed by atoms with Crippen LogP contribution in [0.15, 0.2) is 5.16 Å². The lowest BCUT2D eigenvalue weighted by Gasteiger charge is -2.33. The molecule has 1 aliphatic carbocycles. The van der Waals surface area contributed by atoms with Crippen LogP contribution in [0.2, 0.25) is 0 Å². The van der Waals surface area contributed by atoms with Crippen molar-refractivity contribution in [3.63, 3.8) is 0 Å². The van der Waals surface area contributed by atoms with Gasteiger partial charge in [-0.1, -0.05) is 32.5 Å². The van der Waals surface area contributed by atoms with Crippen LogP contribution in [0.3, 0.4) is 0 Å². The molecule has 0 unspecified atom stereocenters. The zero-order valence-electron chi connectivity index (χ0n) is 19.9. The van der Waals surface area contributed by atoms with E-state index in [0.717, 1.165) is 68.7 Å². The number of amides is 1. The van der Waals surface area contributed by atoms with E-state index in [4.69, 9.17) is 4.74 Å². The number of anilines is 1. The molecule has 3 heterocycles. The summed E-state index contributed by atoms with van der Waals surface area (Å²) in [5, 5.41) is 22.8. The van der Waals surface area contributed by atoms with Crippen LogP contribution in [0, 0.1) is 22.7 Å². The van der Waals surface area contributed by atoms with Crippen molar-refractivity contribution < 1.29 is 14.4 Å². The molecule has 1 amide bonds. The summed E-state index contributed by atoms with van der Waals surface area (Å²) in [7, 11) is 1.95. The van der Waals surface area contributed by atoms with Crippen molar-refractivity contribution in [2.45, 2.75) is 51.7 Å². The zero-order valence-corrected chi connectivity index (χ0v) is 21.5. The number of nitriles is 1. The van der Waals surface area contributed by atoms with Crippen LogP contribution in [0.1, 0.15) is 49.0 Å². The van der Waals surface area contributed by atoms with E-state index in [1.165, 1.54) is 21.5 Å². The number of nitrogens with one attached hydrogen (secondary N) is 2. The van der Waals surface area contributed by atoms with E-state index in [2.05, 4.69) is 42.4 Å². The largest absolute Gasteiger partial charge is 0.370 e. The second-order valence-corrected chi connectivity index (χ2v) is 12.0. The van der Waals surface area contributed by atoms with Gasteiger partial charge in [-0.05, 0) is 36.2 Å². The van der Waals surface area contributed by atoms with Gasteiger partial charge in [-0.25, -0.2) is 0 Å². The maximum Gasteiger partial charge on any atom is 0.235 e. The summed E-state index contributed by atoms with van der Waals surface area (Å²) in [6, 6.07) is 2.34. The summed E-state index contributed by atoms with van der Waals surface area (Å²) >= 11 is 2.95. The minimum absolute atomic E-state index is 0.120. The lowest BCUT2D eigenvalue weighted by atomic mass is 9.72. The molecule has 1 atom stereocenters. The van der Waals surface area contributed by atoms with Gasteiger partial charge in [0, 0.05) is 11.9 Å². The topological polar surface area (TPSA) is 97.3 Å². The van der Waals surface area contributed by atoms with E-state index in [-0.39, 0.29) is 17.1 Å². The van der Waals surface area contributed by atoms with Crippen molar-refractivity contribution >= 4 is 34.0 Å². The van der Waals surface area contributed by atoms with Gasteiger partial charge < -0.3 is 19.5 Å². The molecule has 0 aromatic carbocycles. The summed E-state index contributed by atoms with van der Waals surface area (Å²) in [5.74, 6) is 1.62. The first kappa shape index (κ1) is 24.2. The van der Waals surface area contributed by atoms with Crippen LogP contribution < -0.4 is 10.2 Å². The molecule has 0 spiro atoms. The highest BCUT2D eigenvalue weighted by Crippen LogP contribution is 2.44. The van der Waals surface area contributed by atoms with Gasteiger partial charge in [-0.15, -0.1) is 21.5 Å². The van der Waals surface area contributed by atoms with Gasteiger partial charge in [0.1, 0.15) is 30.7 Å². The summed E-state index contributed by atoms with van der Waals surface area (Å²) in [6.45, 7) is 11.2. The van der Waals surface area contributed by atoms with Crippen molar-refractivity contribution in [1.29, 1.82) is 5.26 Å². The molecular formula is C23H33N6O2S2+. The Balaban J connectivity index is 1.36. The highest BCUT2D eigenvalue weighted by atomic mass is 32.2. The van der Waals surface area contributed by atoms with Crippen LogP contribution in [0.25, 0.3) is 0 Å². The van der Waals surface area contributed by atoms with Crippen molar-refractivity contribution in [3.8, 4) is 6.07 Å². The quantitative estimate of drug-likeness (QED) is 0.603. The zero-order chi connectivity index (χ0) is 23.6. The normalized spacial score (nSPS) is 19.2. The monoisotopic (exact) mass is 489 g/mol. The van der Waals surface area contributed by atoms with Crippen molar-refractivity contribution in [3.05, 3.63) is 21.8 Å². The molecule has 178 valence electrons. The summed E-state index contributed by atoms with van der Waals surface area (Å²) in [5.41, 5.74) is 2.02. The highest BCUT2D eigenvalue weighted by Gasteiger charge is 2.32. The molecule has 2 aromatic heterocycles. The fourth-order valence-corrected chi connectivity index (χ4v) is 6.53. The van der Waals surface area contributed by atoms with Crippen molar-refractivity contribution in [1.82, 2.24) is 14.8 Å². The molecule has 0 radical (unpaired) electrons. The third-order valence-corrected chi connectivity index (χ3v) is 8.91. The number of aromatic nitrogens is 3. The third-order valence-electron chi connectivity index (χ3n) is 6.72. The Morgan fingerprint density at radius 2 is 2.12 bits per heavy atom. The van der Waals surface area contributed by atoms with E-state index >= 15 is 0 Å². The minimum atomic E-state index is -0.120. The van der Waals surface area contributed by atoms with Gasteiger partial charge in [-0.3, -0.25) is 4.79 Å². The number of thioether (sulfide) groups is 1. The Hall–Kier alpha value is -1.93. The first-order chi connectivity index (χ1) is 15.8. The predicted molar refractivity (Wildman–Crippen MR) is 130 cm³/mol. The van der Waals surface area contributed by atoms with Crippen molar-refractivity contribution in [2.24, 2.45) is 18.4 Å². The Morgan fingerprint density at radius 3 is 2.82 bits per heavy atom. The molecule has 1 fully saturated rings. The first-order valence-electron chi connectivity index (χ1n) is 11.5. The van der Waals surface area contributed by atoms with Crippen LogP contribution in [0.5, 0.6) is 0 Å². The number of thiophene rings is 1. The van der Waals surface area contributed by atoms with Gasteiger partial charge in [0.05, 0.1) is 24.5 Å². The van der Waals surface area contributed by atoms with Crippen LogP contribution in [-0.2, 0) is 36.0 Å². The van der Waals surface area contributed by atoms with Gasteiger partial charge in [0.2, 0.25) is 5.91 Å². The number of hydrogen-bond acceptors (Lipinski definition) is 7. The number of carbonyl (C=O) groups is 1. The first-order valence-corrected chi connectivity index (χ1v) is 13.3. The van der Waals surface area contributed by atoms with E-state index < -0.39 is 0 Å². The summed E-state index contributed by atoms with van der Waals surface area (Å²) < 4.78 is 7.39. The number of quaternary nitrogens is 1. The van der Waals surface area contributed by atoms with Gasteiger partial charge >= 0.3 is 0 Å². The van der Waals surface area contributed by atoms with Gasteiger partial charge in [-0.2, -0.15) is 5.26 Å². The fourth-order valence-electron chi connectivity index (χ4n) is 4.51. The SMILES string of the molecule is Cn1c(C[NH+]2CCOCC2)nnc1SCC(=O)Nc1sc2c(c1C#N)CC[C@@H](C(C)(C)C)C2. The molecule has 10 heteroatoms. The Bertz CT molecular complexity index is 1040. The third kappa shape index (κ3) is 5.60. The second-order valence-electron chi connectivity index (χ2n) is 9.96. The average Bonchev–Trinajstić information content (AvgIpc) is 3.31. The smallest absolute Gasteiger partial charge is 0.235 e. The highest BCUT2D eigenvalue weighted by molar-refractivity contribution is 7.99. The van der Waals surface area contributed by atoms with Crippen molar-refractivity contribution in [2.75, 3.05) is 37.4 Å². The number of nitrogens with zero attached hydrogens (tertiary/aromatic N) is 4. The molecule has 2 N–H and O–H groups in total.